The molecule has 0 spiro atoms. The molecule has 0 bridgehead atoms. The number of carbonyl (C=O) groups excluding carboxylic acids is 2. The molecule has 0 radical (unpaired) electrons. The van der Waals surface area contributed by atoms with E-state index in [4.69, 9.17) is 4.74 Å². The van der Waals surface area contributed by atoms with Crippen molar-refractivity contribution in [3.05, 3.63) is 62.5 Å². The minimum atomic E-state index is -0.439. The van der Waals surface area contributed by atoms with Crippen molar-refractivity contribution in [2.24, 2.45) is 0 Å². The zero-order chi connectivity index (χ0) is 19.8. The molecule has 27 heavy (non-hydrogen) atoms. The monoisotopic (exact) mass is 492 g/mol. The third-order valence-electron chi connectivity index (χ3n) is 3.65. The Balaban J connectivity index is 1.93. The lowest BCUT2D eigenvalue weighted by Gasteiger charge is -2.23. The van der Waals surface area contributed by atoms with Crippen molar-refractivity contribution in [1.82, 2.24) is 5.43 Å². The topological polar surface area (TPSA) is 58.6 Å². The molecule has 1 aliphatic heterocycles. The number of para-hydroxylation sites is 1. The lowest BCUT2D eigenvalue weighted by atomic mass is 10.1. The van der Waals surface area contributed by atoms with E-state index in [1.807, 2.05) is 39.0 Å². The first-order chi connectivity index (χ1) is 12.7. The summed E-state index contributed by atoms with van der Waals surface area (Å²) in [6.07, 6.45) is 1.57. The molecule has 0 atom stereocenters. The van der Waals surface area contributed by atoms with E-state index in [9.17, 15) is 9.59 Å². The number of rotatable bonds is 3. The van der Waals surface area contributed by atoms with Gasteiger partial charge in [0.15, 0.2) is 0 Å². The first-order valence-electron chi connectivity index (χ1n) is 8.26. The van der Waals surface area contributed by atoms with Crippen LogP contribution < -0.4 is 15.2 Å². The summed E-state index contributed by atoms with van der Waals surface area (Å²) in [5.41, 5.74) is 3.61. The van der Waals surface area contributed by atoms with Crippen LogP contribution in [0.25, 0.3) is 6.08 Å². The van der Waals surface area contributed by atoms with Crippen molar-refractivity contribution in [2.45, 2.75) is 26.4 Å². The molecule has 0 saturated carbocycles. The van der Waals surface area contributed by atoms with Gasteiger partial charge in [-0.05, 0) is 88.5 Å². The number of hydrogen-bond donors (Lipinski definition) is 1. The molecule has 1 N–H and O–H groups in total. The molecule has 2 amide bonds. The van der Waals surface area contributed by atoms with Crippen molar-refractivity contribution < 1.29 is 14.3 Å². The van der Waals surface area contributed by atoms with Crippen molar-refractivity contribution in [3.8, 4) is 5.75 Å². The number of ether oxygens (including phenoxy) is 1. The van der Waals surface area contributed by atoms with E-state index < -0.39 is 11.8 Å². The summed E-state index contributed by atoms with van der Waals surface area (Å²) in [6, 6.07) is 12.6. The normalized spacial score (nSPS) is 16.0. The van der Waals surface area contributed by atoms with Gasteiger partial charge in [0.1, 0.15) is 16.9 Å². The smallest absolute Gasteiger partial charge is 0.282 e. The Morgan fingerprint density at radius 1 is 1.04 bits per heavy atom. The molecule has 1 saturated heterocycles. The predicted octanol–water partition coefficient (Wildman–Crippen LogP) is 4.85. The van der Waals surface area contributed by atoms with Crippen LogP contribution in [0, 0.1) is 0 Å². The summed E-state index contributed by atoms with van der Waals surface area (Å²) in [6.45, 7) is 5.88. The van der Waals surface area contributed by atoms with Crippen LogP contribution in [-0.4, -0.2) is 17.4 Å². The maximum atomic E-state index is 12.7. The van der Waals surface area contributed by atoms with Gasteiger partial charge in [-0.2, -0.15) is 0 Å². The first kappa shape index (κ1) is 19.6. The third-order valence-corrected chi connectivity index (χ3v) is 4.82. The summed E-state index contributed by atoms with van der Waals surface area (Å²) in [5, 5.41) is 1.25. The standard InChI is InChI=1S/C20H18Br2N2O3/c1-20(2,3)27-17-15(21)10-12(11-16(17)22)9-14-18(25)23-24(19(14)26)13-7-5-4-6-8-13/h4-11H,1-3H3,(H,23,25). The molecule has 7 heteroatoms. The molecule has 1 fully saturated rings. The van der Waals surface area contributed by atoms with Crippen LogP contribution in [0.3, 0.4) is 0 Å². The van der Waals surface area contributed by atoms with Gasteiger partial charge < -0.3 is 4.74 Å². The number of hydrogen-bond acceptors (Lipinski definition) is 3. The minimum absolute atomic E-state index is 0.0714. The summed E-state index contributed by atoms with van der Waals surface area (Å²) in [7, 11) is 0. The molecule has 0 aliphatic carbocycles. The average molecular weight is 494 g/mol. The summed E-state index contributed by atoms with van der Waals surface area (Å²) in [5.74, 6) is -0.169. The van der Waals surface area contributed by atoms with Crippen LogP contribution in [0.1, 0.15) is 26.3 Å². The largest absolute Gasteiger partial charge is 0.486 e. The molecule has 5 nitrogen and oxygen atoms in total. The molecule has 2 aromatic carbocycles. The molecule has 1 heterocycles. The first-order valence-corrected chi connectivity index (χ1v) is 9.84. The van der Waals surface area contributed by atoms with E-state index in [1.165, 1.54) is 5.01 Å². The Bertz CT molecular complexity index is 911. The average Bonchev–Trinajstić information content (AvgIpc) is 2.86. The summed E-state index contributed by atoms with van der Waals surface area (Å²) < 4.78 is 7.39. The summed E-state index contributed by atoms with van der Waals surface area (Å²) >= 11 is 7.00. The number of anilines is 1. The fourth-order valence-corrected chi connectivity index (χ4v) is 3.93. The van der Waals surface area contributed by atoms with E-state index in [-0.39, 0.29) is 11.2 Å². The van der Waals surface area contributed by atoms with Gasteiger partial charge >= 0.3 is 0 Å². The van der Waals surface area contributed by atoms with Gasteiger partial charge in [-0.15, -0.1) is 0 Å². The highest BCUT2D eigenvalue weighted by molar-refractivity contribution is 9.11. The minimum Gasteiger partial charge on any atom is -0.486 e. The van der Waals surface area contributed by atoms with Gasteiger partial charge in [0, 0.05) is 0 Å². The molecular formula is C20H18Br2N2O3. The van der Waals surface area contributed by atoms with Crippen molar-refractivity contribution in [2.75, 3.05) is 5.01 Å². The molecule has 140 valence electrons. The number of benzene rings is 2. The maximum Gasteiger partial charge on any atom is 0.282 e. The van der Waals surface area contributed by atoms with E-state index in [1.54, 1.807) is 30.3 Å². The number of carbonyl (C=O) groups is 2. The zero-order valence-electron chi connectivity index (χ0n) is 15.0. The number of amides is 2. The number of hydrazine groups is 1. The highest BCUT2D eigenvalue weighted by Gasteiger charge is 2.34. The maximum absolute atomic E-state index is 12.7. The van der Waals surface area contributed by atoms with Gasteiger partial charge in [-0.25, -0.2) is 5.01 Å². The van der Waals surface area contributed by atoms with Crippen LogP contribution in [-0.2, 0) is 9.59 Å². The summed E-state index contributed by atoms with van der Waals surface area (Å²) in [4.78, 5) is 25.0. The number of nitrogens with one attached hydrogen (secondary N) is 1. The van der Waals surface area contributed by atoms with Crippen molar-refractivity contribution >= 4 is 55.4 Å². The van der Waals surface area contributed by atoms with E-state index >= 15 is 0 Å². The van der Waals surface area contributed by atoms with Gasteiger partial charge in [0.05, 0.1) is 14.6 Å². The lowest BCUT2D eigenvalue weighted by Crippen LogP contribution is -2.35. The van der Waals surface area contributed by atoms with Crippen LogP contribution in [0.2, 0.25) is 0 Å². The van der Waals surface area contributed by atoms with E-state index in [0.717, 1.165) is 8.95 Å². The van der Waals surface area contributed by atoms with Gasteiger partial charge in [-0.3, -0.25) is 15.0 Å². The molecule has 0 aromatic heterocycles. The SMILES string of the molecule is CC(C)(C)Oc1c(Br)cc(C=C2C(=O)NN(c3ccccc3)C2=O)cc1Br. The fourth-order valence-electron chi connectivity index (χ4n) is 2.55. The number of halogens is 2. The fraction of sp³-hybridized carbons (Fsp3) is 0.200. The molecular weight excluding hydrogens is 476 g/mol. The second-order valence-corrected chi connectivity index (χ2v) is 8.71. The molecule has 1 aliphatic rings. The Kier molecular flexibility index (Phi) is 5.44. The zero-order valence-corrected chi connectivity index (χ0v) is 18.2. The number of nitrogens with zero attached hydrogens (tertiary/aromatic N) is 1. The van der Waals surface area contributed by atoms with Crippen LogP contribution in [0.5, 0.6) is 5.75 Å². The third kappa shape index (κ3) is 4.42. The van der Waals surface area contributed by atoms with E-state index in [0.29, 0.717) is 17.0 Å². The Morgan fingerprint density at radius 2 is 1.63 bits per heavy atom. The Hall–Kier alpha value is -2.12. The molecule has 3 rings (SSSR count). The second-order valence-electron chi connectivity index (χ2n) is 7.00. The second kappa shape index (κ2) is 7.48. The van der Waals surface area contributed by atoms with E-state index in [2.05, 4.69) is 37.3 Å². The predicted molar refractivity (Wildman–Crippen MR) is 112 cm³/mol. The molecule has 2 aromatic rings. The van der Waals surface area contributed by atoms with Crippen LogP contribution in [0.15, 0.2) is 57.0 Å². The van der Waals surface area contributed by atoms with Gasteiger partial charge in [0.25, 0.3) is 11.8 Å². The van der Waals surface area contributed by atoms with Crippen LogP contribution >= 0.6 is 31.9 Å². The highest BCUT2D eigenvalue weighted by atomic mass is 79.9. The lowest BCUT2D eigenvalue weighted by molar-refractivity contribution is -0.117. The van der Waals surface area contributed by atoms with Crippen molar-refractivity contribution in [3.63, 3.8) is 0 Å². The van der Waals surface area contributed by atoms with Gasteiger partial charge in [-0.1, -0.05) is 18.2 Å². The molecule has 0 unspecified atom stereocenters. The Morgan fingerprint density at radius 3 is 2.19 bits per heavy atom. The quantitative estimate of drug-likeness (QED) is 0.491. The van der Waals surface area contributed by atoms with Gasteiger partial charge in [0.2, 0.25) is 0 Å². The van der Waals surface area contributed by atoms with Crippen molar-refractivity contribution in [1.29, 1.82) is 0 Å². The Labute approximate surface area is 174 Å². The highest BCUT2D eigenvalue weighted by Crippen LogP contribution is 2.37. The van der Waals surface area contributed by atoms with Crippen LogP contribution in [0.4, 0.5) is 5.69 Å².